The third-order valence-corrected chi connectivity index (χ3v) is 3.26. The fraction of sp³-hybridized carbons (Fsp3) is 0.714. The Morgan fingerprint density at radius 3 is 2.72 bits per heavy atom. The summed E-state index contributed by atoms with van der Waals surface area (Å²) in [4.78, 5) is 2.44. The van der Waals surface area contributed by atoms with Crippen molar-refractivity contribution in [3.63, 3.8) is 0 Å². The van der Waals surface area contributed by atoms with E-state index in [0.717, 1.165) is 38.5 Å². The summed E-state index contributed by atoms with van der Waals surface area (Å²) in [6.07, 6.45) is 2.42. The monoisotopic (exact) mass is 252 g/mol. The standard InChI is InChI=1S/C14H24N2O2/c1-4-15-7-14-13(5-6-17-14)10-16-8-11(2)18-12(3)9-16/h5-6,11-12,15H,4,7-10H2,1-3H3/t11-,12+. The molecule has 4 nitrogen and oxygen atoms in total. The van der Waals surface area contributed by atoms with Crippen LogP contribution in [-0.2, 0) is 17.8 Å². The quantitative estimate of drug-likeness (QED) is 0.870. The molecule has 1 saturated heterocycles. The molecule has 2 atom stereocenters. The first-order valence-electron chi connectivity index (χ1n) is 6.82. The maximum Gasteiger partial charge on any atom is 0.122 e. The second-order valence-corrected chi connectivity index (χ2v) is 5.10. The summed E-state index contributed by atoms with van der Waals surface area (Å²) in [7, 11) is 0. The largest absolute Gasteiger partial charge is 0.468 e. The van der Waals surface area contributed by atoms with E-state index in [1.807, 2.05) is 0 Å². The number of nitrogens with one attached hydrogen (secondary N) is 1. The molecule has 1 aromatic rings. The maximum atomic E-state index is 5.75. The summed E-state index contributed by atoms with van der Waals surface area (Å²) in [5.41, 5.74) is 1.29. The molecule has 0 unspecified atom stereocenters. The Morgan fingerprint density at radius 1 is 1.33 bits per heavy atom. The van der Waals surface area contributed by atoms with Gasteiger partial charge >= 0.3 is 0 Å². The number of ether oxygens (including phenoxy) is 1. The van der Waals surface area contributed by atoms with E-state index >= 15 is 0 Å². The van der Waals surface area contributed by atoms with E-state index in [0.29, 0.717) is 12.2 Å². The van der Waals surface area contributed by atoms with Crippen molar-refractivity contribution in [3.8, 4) is 0 Å². The number of hydrogen-bond acceptors (Lipinski definition) is 4. The Morgan fingerprint density at radius 2 is 2.06 bits per heavy atom. The van der Waals surface area contributed by atoms with Crippen molar-refractivity contribution < 1.29 is 9.15 Å². The third kappa shape index (κ3) is 3.57. The minimum Gasteiger partial charge on any atom is -0.468 e. The molecule has 1 N–H and O–H groups in total. The summed E-state index contributed by atoms with van der Waals surface area (Å²) >= 11 is 0. The molecular formula is C14H24N2O2. The molecule has 0 aliphatic carbocycles. The van der Waals surface area contributed by atoms with Gasteiger partial charge in [-0.3, -0.25) is 4.90 Å². The topological polar surface area (TPSA) is 37.6 Å². The fourth-order valence-electron chi connectivity index (χ4n) is 2.56. The van der Waals surface area contributed by atoms with Crippen molar-refractivity contribution in [1.82, 2.24) is 10.2 Å². The molecule has 0 aromatic carbocycles. The van der Waals surface area contributed by atoms with Gasteiger partial charge in [-0.05, 0) is 26.5 Å². The second-order valence-electron chi connectivity index (χ2n) is 5.10. The van der Waals surface area contributed by atoms with Crippen LogP contribution in [0.15, 0.2) is 16.7 Å². The van der Waals surface area contributed by atoms with E-state index in [1.54, 1.807) is 6.26 Å². The zero-order valence-corrected chi connectivity index (χ0v) is 11.6. The molecular weight excluding hydrogens is 228 g/mol. The van der Waals surface area contributed by atoms with Crippen LogP contribution in [0, 0.1) is 0 Å². The molecule has 0 amide bonds. The molecule has 1 aliphatic rings. The number of nitrogens with zero attached hydrogens (tertiary/aromatic N) is 1. The number of rotatable bonds is 5. The SMILES string of the molecule is CCNCc1occc1CN1C[C@@H](C)O[C@@H](C)C1. The molecule has 1 aliphatic heterocycles. The Bertz CT molecular complexity index is 354. The Kier molecular flexibility index (Phi) is 4.80. The van der Waals surface area contributed by atoms with Gasteiger partial charge in [-0.25, -0.2) is 0 Å². The minimum absolute atomic E-state index is 0.317. The lowest BCUT2D eigenvalue weighted by molar-refractivity contribution is -0.0706. The smallest absolute Gasteiger partial charge is 0.122 e. The summed E-state index contributed by atoms with van der Waals surface area (Å²) in [5.74, 6) is 1.06. The van der Waals surface area contributed by atoms with Crippen LogP contribution in [-0.4, -0.2) is 36.7 Å². The van der Waals surface area contributed by atoms with Crippen molar-refractivity contribution in [2.75, 3.05) is 19.6 Å². The molecule has 102 valence electrons. The predicted molar refractivity (Wildman–Crippen MR) is 71.4 cm³/mol. The van der Waals surface area contributed by atoms with Gasteiger partial charge in [0.1, 0.15) is 5.76 Å². The lowest BCUT2D eigenvalue weighted by Crippen LogP contribution is -2.44. The van der Waals surface area contributed by atoms with E-state index in [4.69, 9.17) is 9.15 Å². The van der Waals surface area contributed by atoms with Gasteiger partial charge in [0.15, 0.2) is 0 Å². The summed E-state index contributed by atoms with van der Waals surface area (Å²) in [6, 6.07) is 2.08. The van der Waals surface area contributed by atoms with Crippen LogP contribution in [0.3, 0.4) is 0 Å². The molecule has 0 bridgehead atoms. The lowest BCUT2D eigenvalue weighted by atomic mass is 10.2. The summed E-state index contributed by atoms with van der Waals surface area (Å²) in [6.45, 7) is 11.1. The molecule has 1 aromatic heterocycles. The van der Waals surface area contributed by atoms with Gasteiger partial charge in [0.25, 0.3) is 0 Å². The van der Waals surface area contributed by atoms with Crippen LogP contribution in [0.5, 0.6) is 0 Å². The Labute approximate surface area is 109 Å². The first-order chi connectivity index (χ1) is 8.69. The average molecular weight is 252 g/mol. The fourth-order valence-corrected chi connectivity index (χ4v) is 2.56. The summed E-state index contributed by atoms with van der Waals surface area (Å²) < 4.78 is 11.3. The molecule has 0 saturated carbocycles. The first-order valence-corrected chi connectivity index (χ1v) is 6.82. The maximum absolute atomic E-state index is 5.75. The van der Waals surface area contributed by atoms with Crippen LogP contribution >= 0.6 is 0 Å². The highest BCUT2D eigenvalue weighted by atomic mass is 16.5. The van der Waals surface area contributed by atoms with Crippen molar-refractivity contribution in [1.29, 1.82) is 0 Å². The Balaban J connectivity index is 1.94. The van der Waals surface area contributed by atoms with E-state index in [9.17, 15) is 0 Å². The third-order valence-electron chi connectivity index (χ3n) is 3.26. The van der Waals surface area contributed by atoms with E-state index in [2.05, 4.69) is 37.1 Å². The zero-order chi connectivity index (χ0) is 13.0. The van der Waals surface area contributed by atoms with Gasteiger partial charge in [0.05, 0.1) is 25.0 Å². The lowest BCUT2D eigenvalue weighted by Gasteiger charge is -2.35. The average Bonchev–Trinajstić information content (AvgIpc) is 2.72. The normalized spacial score (nSPS) is 25.5. The number of morpholine rings is 1. The van der Waals surface area contributed by atoms with E-state index in [1.165, 1.54) is 5.56 Å². The van der Waals surface area contributed by atoms with Crippen molar-refractivity contribution >= 4 is 0 Å². The molecule has 1 fully saturated rings. The van der Waals surface area contributed by atoms with Crippen LogP contribution in [0.25, 0.3) is 0 Å². The zero-order valence-electron chi connectivity index (χ0n) is 11.6. The predicted octanol–water partition coefficient (Wildman–Crippen LogP) is 2.00. The van der Waals surface area contributed by atoms with Gasteiger partial charge < -0.3 is 14.5 Å². The molecule has 2 rings (SSSR count). The van der Waals surface area contributed by atoms with E-state index < -0.39 is 0 Å². The number of hydrogen-bond donors (Lipinski definition) is 1. The molecule has 0 spiro atoms. The van der Waals surface area contributed by atoms with Crippen LogP contribution in [0.1, 0.15) is 32.1 Å². The van der Waals surface area contributed by atoms with Gasteiger partial charge in [-0.2, -0.15) is 0 Å². The summed E-state index contributed by atoms with van der Waals surface area (Å²) in [5, 5.41) is 3.31. The second kappa shape index (κ2) is 6.36. The van der Waals surface area contributed by atoms with Crippen molar-refractivity contribution in [3.05, 3.63) is 23.7 Å². The van der Waals surface area contributed by atoms with Crippen LogP contribution in [0.4, 0.5) is 0 Å². The first kappa shape index (κ1) is 13.6. The van der Waals surface area contributed by atoms with Crippen LogP contribution in [0.2, 0.25) is 0 Å². The minimum atomic E-state index is 0.317. The Hall–Kier alpha value is -0.840. The van der Waals surface area contributed by atoms with Gasteiger partial charge in [0.2, 0.25) is 0 Å². The highest BCUT2D eigenvalue weighted by Crippen LogP contribution is 2.17. The van der Waals surface area contributed by atoms with E-state index in [-0.39, 0.29) is 0 Å². The molecule has 18 heavy (non-hydrogen) atoms. The van der Waals surface area contributed by atoms with Gasteiger partial charge in [-0.1, -0.05) is 6.92 Å². The van der Waals surface area contributed by atoms with Crippen LogP contribution < -0.4 is 5.32 Å². The molecule has 2 heterocycles. The van der Waals surface area contributed by atoms with Crippen molar-refractivity contribution in [2.45, 2.75) is 46.1 Å². The number of furan rings is 1. The highest BCUT2D eigenvalue weighted by Gasteiger charge is 2.23. The van der Waals surface area contributed by atoms with Crippen molar-refractivity contribution in [2.24, 2.45) is 0 Å². The van der Waals surface area contributed by atoms with Gasteiger partial charge in [0, 0.05) is 25.2 Å². The van der Waals surface area contributed by atoms with Gasteiger partial charge in [-0.15, -0.1) is 0 Å². The molecule has 0 radical (unpaired) electrons. The highest BCUT2D eigenvalue weighted by molar-refractivity contribution is 5.17. The molecule has 4 heteroatoms.